The number of fused-ring (bicyclic) bond motifs is 1. The lowest BCUT2D eigenvalue weighted by atomic mass is 9.90. The molecule has 0 unspecified atom stereocenters. The van der Waals surface area contributed by atoms with Crippen LogP contribution in [0.2, 0.25) is 0 Å². The topological polar surface area (TPSA) is 69.8 Å². The summed E-state index contributed by atoms with van der Waals surface area (Å²) in [6, 6.07) is 14.2. The Labute approximate surface area is 188 Å². The number of H-pyrrole nitrogens is 1. The third-order valence-electron chi connectivity index (χ3n) is 5.29. The van der Waals surface area contributed by atoms with Crippen LogP contribution in [0.1, 0.15) is 60.8 Å². The summed E-state index contributed by atoms with van der Waals surface area (Å²) in [5, 5.41) is 6.95. The summed E-state index contributed by atoms with van der Waals surface area (Å²) in [6.07, 6.45) is 4.89. The number of rotatable bonds is 4. The number of carbonyl (C=O) groups is 1. The summed E-state index contributed by atoms with van der Waals surface area (Å²) in [5.74, 6) is 0.904. The molecule has 160 valence electrons. The molecular weight excluding hydrogens is 404 g/mol. The number of aryl methyl sites for hydroxylation is 1. The van der Waals surface area contributed by atoms with Gasteiger partial charge in [0.05, 0.1) is 5.69 Å². The second-order valence-electron chi connectivity index (χ2n) is 9.03. The molecule has 1 aliphatic carbocycles. The first kappa shape index (κ1) is 21.2. The van der Waals surface area contributed by atoms with Crippen LogP contribution in [0, 0.1) is 0 Å². The van der Waals surface area contributed by atoms with Crippen molar-refractivity contribution < 1.29 is 4.79 Å². The van der Waals surface area contributed by atoms with Gasteiger partial charge < -0.3 is 15.6 Å². The van der Waals surface area contributed by atoms with E-state index in [2.05, 4.69) is 53.5 Å². The zero-order valence-corrected chi connectivity index (χ0v) is 19.0. The van der Waals surface area contributed by atoms with Crippen molar-refractivity contribution in [2.45, 2.75) is 52.0 Å². The Morgan fingerprint density at radius 3 is 2.68 bits per heavy atom. The van der Waals surface area contributed by atoms with E-state index in [4.69, 9.17) is 12.2 Å². The van der Waals surface area contributed by atoms with Crippen molar-refractivity contribution in [1.29, 1.82) is 0 Å². The molecule has 3 aromatic rings. The zero-order valence-electron chi connectivity index (χ0n) is 18.2. The lowest BCUT2D eigenvalue weighted by Gasteiger charge is -2.22. The highest BCUT2D eigenvalue weighted by Gasteiger charge is 2.26. The van der Waals surface area contributed by atoms with Crippen LogP contribution >= 0.6 is 12.2 Å². The second kappa shape index (κ2) is 8.63. The molecule has 0 saturated carbocycles. The van der Waals surface area contributed by atoms with Crippen molar-refractivity contribution in [3.8, 4) is 11.3 Å². The van der Waals surface area contributed by atoms with E-state index in [0.717, 1.165) is 40.9 Å². The Bertz CT molecular complexity index is 1110. The van der Waals surface area contributed by atoms with Gasteiger partial charge in [-0.15, -0.1) is 0 Å². The molecule has 1 aliphatic rings. The molecule has 2 heterocycles. The molecule has 2 aromatic heterocycles. The maximum atomic E-state index is 12.8. The molecule has 0 fully saturated rings. The average molecular weight is 433 g/mol. The van der Waals surface area contributed by atoms with Gasteiger partial charge in [-0.05, 0) is 69.1 Å². The number of anilines is 1. The average Bonchev–Trinajstić information content (AvgIpc) is 3.07. The molecule has 1 aromatic carbocycles. The van der Waals surface area contributed by atoms with Crippen LogP contribution in [0.15, 0.2) is 48.7 Å². The predicted octanol–water partition coefficient (Wildman–Crippen LogP) is 5.27. The lowest BCUT2D eigenvalue weighted by molar-refractivity contribution is 0.0971. The van der Waals surface area contributed by atoms with Gasteiger partial charge in [-0.25, -0.2) is 4.98 Å². The number of thiocarbonyl (C=S) groups is 1. The van der Waals surface area contributed by atoms with Crippen LogP contribution in [0.3, 0.4) is 0 Å². The number of benzene rings is 1. The fraction of sp³-hybridized carbons (Fsp3) is 0.320. The summed E-state index contributed by atoms with van der Waals surface area (Å²) in [7, 11) is 0. The van der Waals surface area contributed by atoms with E-state index in [-0.39, 0.29) is 11.3 Å². The van der Waals surface area contributed by atoms with Crippen LogP contribution in [-0.4, -0.2) is 26.4 Å². The number of Topliss-reactive ketones (excluding diaryl/α,β-unsaturated/α-hetero) is 1. The van der Waals surface area contributed by atoms with Gasteiger partial charge in [0.2, 0.25) is 0 Å². The number of carbonyl (C=O) groups excluding carboxylic acids is 1. The smallest absolute Gasteiger partial charge is 0.172 e. The van der Waals surface area contributed by atoms with E-state index in [1.165, 1.54) is 5.56 Å². The van der Waals surface area contributed by atoms with Gasteiger partial charge in [0, 0.05) is 41.4 Å². The van der Waals surface area contributed by atoms with Crippen LogP contribution in [0.4, 0.5) is 5.82 Å². The quantitative estimate of drug-likeness (QED) is 0.490. The van der Waals surface area contributed by atoms with Crippen molar-refractivity contribution in [1.82, 2.24) is 15.3 Å². The van der Waals surface area contributed by atoms with E-state index in [0.29, 0.717) is 23.8 Å². The van der Waals surface area contributed by atoms with Crippen LogP contribution in [0.25, 0.3) is 11.3 Å². The van der Waals surface area contributed by atoms with Crippen molar-refractivity contribution in [3.05, 3.63) is 71.0 Å². The Morgan fingerprint density at radius 1 is 1.16 bits per heavy atom. The minimum absolute atomic E-state index is 0.135. The molecule has 4 rings (SSSR count). The summed E-state index contributed by atoms with van der Waals surface area (Å²) in [4.78, 5) is 20.8. The number of nitrogens with one attached hydrogen (secondary N) is 3. The number of ketones is 1. The molecule has 0 amide bonds. The van der Waals surface area contributed by atoms with Crippen LogP contribution in [0.5, 0.6) is 0 Å². The molecule has 0 aliphatic heterocycles. The van der Waals surface area contributed by atoms with Gasteiger partial charge >= 0.3 is 0 Å². The van der Waals surface area contributed by atoms with Gasteiger partial charge in [0.15, 0.2) is 10.9 Å². The highest BCUT2D eigenvalue weighted by molar-refractivity contribution is 7.80. The van der Waals surface area contributed by atoms with Gasteiger partial charge in [-0.1, -0.05) is 30.3 Å². The van der Waals surface area contributed by atoms with Gasteiger partial charge in [-0.3, -0.25) is 4.79 Å². The standard InChI is InChI=1S/C25H28N4OS/c1-25(2,3)29-24(31)28-21-15-17(12-13-26-21)23-18(14-16-8-5-4-6-9-16)22-19(27-23)10-7-11-20(22)30/h4-6,8-9,12-13,15,27H,7,10-11,14H2,1-3H3,(H2,26,28,29,31). The fourth-order valence-corrected chi connectivity index (χ4v) is 4.45. The summed E-state index contributed by atoms with van der Waals surface area (Å²) >= 11 is 5.43. The molecule has 0 radical (unpaired) electrons. The second-order valence-corrected chi connectivity index (χ2v) is 9.44. The van der Waals surface area contributed by atoms with Crippen molar-refractivity contribution in [2.24, 2.45) is 0 Å². The SMILES string of the molecule is CC(C)(C)NC(=S)Nc1cc(-c2[nH]c3c(c2Cc2ccccc2)C(=O)CCC3)ccn1. The van der Waals surface area contributed by atoms with E-state index in [1.807, 2.05) is 30.3 Å². The Hall–Kier alpha value is -2.99. The highest BCUT2D eigenvalue weighted by atomic mass is 32.1. The first-order valence-electron chi connectivity index (χ1n) is 10.7. The number of nitrogens with zero attached hydrogens (tertiary/aromatic N) is 1. The Kier molecular flexibility index (Phi) is 5.92. The molecule has 0 saturated heterocycles. The molecule has 31 heavy (non-hydrogen) atoms. The van der Waals surface area contributed by atoms with E-state index < -0.39 is 0 Å². The van der Waals surface area contributed by atoms with Gasteiger partial charge in [0.1, 0.15) is 5.82 Å². The first-order valence-corrected chi connectivity index (χ1v) is 11.1. The van der Waals surface area contributed by atoms with Gasteiger partial charge in [0.25, 0.3) is 0 Å². The highest BCUT2D eigenvalue weighted by Crippen LogP contribution is 2.35. The van der Waals surface area contributed by atoms with Crippen LogP contribution < -0.4 is 10.6 Å². The summed E-state index contributed by atoms with van der Waals surface area (Å²) < 4.78 is 0. The van der Waals surface area contributed by atoms with E-state index in [1.54, 1.807) is 6.20 Å². The van der Waals surface area contributed by atoms with Crippen LogP contribution in [-0.2, 0) is 12.8 Å². The lowest BCUT2D eigenvalue weighted by Crippen LogP contribution is -2.43. The summed E-state index contributed by atoms with van der Waals surface area (Å²) in [6.45, 7) is 6.17. The summed E-state index contributed by atoms with van der Waals surface area (Å²) in [5.41, 5.74) is 6.03. The van der Waals surface area contributed by atoms with Crippen molar-refractivity contribution in [2.75, 3.05) is 5.32 Å². The minimum atomic E-state index is -0.135. The minimum Gasteiger partial charge on any atom is -0.358 e. The monoisotopic (exact) mass is 432 g/mol. The number of aromatic amines is 1. The Balaban J connectivity index is 1.71. The molecule has 3 N–H and O–H groups in total. The number of pyridine rings is 1. The molecule has 0 bridgehead atoms. The maximum Gasteiger partial charge on any atom is 0.172 e. The Morgan fingerprint density at radius 2 is 1.94 bits per heavy atom. The fourth-order valence-electron chi connectivity index (χ4n) is 4.04. The number of aromatic nitrogens is 2. The maximum absolute atomic E-state index is 12.8. The number of hydrogen-bond acceptors (Lipinski definition) is 3. The molecular formula is C25H28N4OS. The third kappa shape index (κ3) is 5.02. The van der Waals surface area contributed by atoms with Crippen molar-refractivity contribution in [3.63, 3.8) is 0 Å². The van der Waals surface area contributed by atoms with Crippen molar-refractivity contribution >= 4 is 28.9 Å². The molecule has 5 nitrogen and oxygen atoms in total. The predicted molar refractivity (Wildman–Crippen MR) is 130 cm³/mol. The third-order valence-corrected chi connectivity index (χ3v) is 5.50. The molecule has 6 heteroatoms. The molecule has 0 spiro atoms. The first-order chi connectivity index (χ1) is 14.8. The molecule has 0 atom stereocenters. The zero-order chi connectivity index (χ0) is 22.0. The largest absolute Gasteiger partial charge is 0.358 e. The van der Waals surface area contributed by atoms with Gasteiger partial charge in [-0.2, -0.15) is 0 Å². The van der Waals surface area contributed by atoms with E-state index >= 15 is 0 Å². The number of hydrogen-bond donors (Lipinski definition) is 3. The normalized spacial score (nSPS) is 13.6. The van der Waals surface area contributed by atoms with E-state index in [9.17, 15) is 4.79 Å².